The van der Waals surface area contributed by atoms with Crippen LogP contribution in [0.15, 0.2) is 83.8 Å². The topological polar surface area (TPSA) is 86.8 Å². The van der Waals surface area contributed by atoms with E-state index in [1.807, 2.05) is 44.2 Å². The van der Waals surface area contributed by atoms with Crippen molar-refractivity contribution in [1.82, 2.24) is 10.2 Å². The number of benzene rings is 3. The van der Waals surface area contributed by atoms with E-state index in [4.69, 9.17) is 23.2 Å². The molecule has 0 heterocycles. The average Bonchev–Trinajstić information content (AvgIpc) is 2.93. The predicted octanol–water partition coefficient (Wildman–Crippen LogP) is 5.42. The number of carbonyl (C=O) groups is 2. The van der Waals surface area contributed by atoms with E-state index in [2.05, 4.69) is 5.32 Å². The number of hydrogen-bond acceptors (Lipinski definition) is 4. The minimum absolute atomic E-state index is 0.00466. The smallest absolute Gasteiger partial charge is 0.264 e. The van der Waals surface area contributed by atoms with Gasteiger partial charge in [0, 0.05) is 13.1 Å². The minimum atomic E-state index is -4.21. The summed E-state index contributed by atoms with van der Waals surface area (Å²) in [6.07, 6.45) is 0.484. The Morgan fingerprint density at radius 3 is 2.10 bits per heavy atom. The van der Waals surface area contributed by atoms with E-state index in [1.54, 1.807) is 31.2 Å². The summed E-state index contributed by atoms with van der Waals surface area (Å²) in [6, 6.07) is 21.1. The van der Waals surface area contributed by atoms with Crippen LogP contribution in [0.4, 0.5) is 5.69 Å². The molecule has 0 aliphatic rings. The standard InChI is InChI=1S/C29H33Cl2N3O4S/c1-21(2)19-32-29(36)22(3)33(18-17-23-11-6-4-7-12-23)27(35)20-34(26-16-10-15-25(30)28(26)31)39(37,38)24-13-8-5-9-14-24/h4-16,21-22H,17-20H2,1-3H3,(H,32,36)/t22-/m0/s1. The van der Waals surface area contributed by atoms with Crippen molar-refractivity contribution in [2.45, 2.75) is 38.1 Å². The summed E-state index contributed by atoms with van der Waals surface area (Å²) in [5, 5.41) is 3.02. The molecule has 3 aromatic rings. The summed E-state index contributed by atoms with van der Waals surface area (Å²) in [7, 11) is -4.21. The van der Waals surface area contributed by atoms with Crippen LogP contribution in [0.5, 0.6) is 0 Å². The van der Waals surface area contributed by atoms with Crippen LogP contribution in [0.2, 0.25) is 10.0 Å². The van der Waals surface area contributed by atoms with Crippen molar-refractivity contribution in [3.05, 3.63) is 94.5 Å². The third-order valence-corrected chi connectivity index (χ3v) is 8.73. The molecule has 3 aromatic carbocycles. The van der Waals surface area contributed by atoms with E-state index >= 15 is 0 Å². The van der Waals surface area contributed by atoms with Gasteiger partial charge in [-0.3, -0.25) is 13.9 Å². The van der Waals surface area contributed by atoms with Crippen molar-refractivity contribution in [2.75, 3.05) is 23.9 Å². The van der Waals surface area contributed by atoms with Gasteiger partial charge in [0.2, 0.25) is 11.8 Å². The van der Waals surface area contributed by atoms with Crippen molar-refractivity contribution < 1.29 is 18.0 Å². The molecule has 0 radical (unpaired) electrons. The lowest BCUT2D eigenvalue weighted by molar-refractivity contribution is -0.138. The quantitative estimate of drug-likeness (QED) is 0.305. The summed E-state index contributed by atoms with van der Waals surface area (Å²) in [6.45, 7) is 5.68. The molecule has 1 atom stereocenters. The number of amides is 2. The molecule has 7 nitrogen and oxygen atoms in total. The summed E-state index contributed by atoms with van der Waals surface area (Å²) in [5.41, 5.74) is 1.05. The third-order valence-electron chi connectivity index (χ3n) is 6.15. The Labute approximate surface area is 240 Å². The van der Waals surface area contributed by atoms with Crippen LogP contribution in [0, 0.1) is 5.92 Å². The number of rotatable bonds is 12. The molecule has 3 rings (SSSR count). The van der Waals surface area contributed by atoms with E-state index < -0.39 is 28.5 Å². The lowest BCUT2D eigenvalue weighted by atomic mass is 10.1. The van der Waals surface area contributed by atoms with Crippen LogP contribution >= 0.6 is 23.2 Å². The predicted molar refractivity (Wildman–Crippen MR) is 157 cm³/mol. The summed E-state index contributed by atoms with van der Waals surface area (Å²) >= 11 is 12.7. The normalized spacial score (nSPS) is 12.2. The Bertz CT molecular complexity index is 1370. The number of sulfonamides is 1. The molecule has 0 aliphatic carbocycles. The van der Waals surface area contributed by atoms with Gasteiger partial charge in [-0.05, 0) is 49.1 Å². The highest BCUT2D eigenvalue weighted by Crippen LogP contribution is 2.35. The van der Waals surface area contributed by atoms with Crippen molar-refractivity contribution >= 4 is 50.7 Å². The fourth-order valence-electron chi connectivity index (χ4n) is 3.94. The molecule has 208 valence electrons. The second-order valence-corrected chi connectivity index (χ2v) is 12.2. The number of halogens is 2. The summed E-state index contributed by atoms with van der Waals surface area (Å²) in [4.78, 5) is 28.3. The van der Waals surface area contributed by atoms with Gasteiger partial charge in [0.25, 0.3) is 10.0 Å². The van der Waals surface area contributed by atoms with E-state index in [1.165, 1.54) is 29.2 Å². The van der Waals surface area contributed by atoms with Gasteiger partial charge in [-0.25, -0.2) is 8.42 Å². The molecular weight excluding hydrogens is 557 g/mol. The van der Waals surface area contributed by atoms with Crippen LogP contribution in [-0.2, 0) is 26.0 Å². The van der Waals surface area contributed by atoms with Crippen LogP contribution in [0.1, 0.15) is 26.3 Å². The Morgan fingerprint density at radius 2 is 1.49 bits per heavy atom. The van der Waals surface area contributed by atoms with Gasteiger partial charge < -0.3 is 10.2 Å². The number of carbonyl (C=O) groups excluding carboxylic acids is 2. The second-order valence-electron chi connectivity index (χ2n) is 9.54. The van der Waals surface area contributed by atoms with Gasteiger partial charge in [0.1, 0.15) is 12.6 Å². The minimum Gasteiger partial charge on any atom is -0.354 e. The summed E-state index contributed by atoms with van der Waals surface area (Å²) in [5.74, 6) is -0.636. The molecule has 2 amide bonds. The van der Waals surface area contributed by atoms with Crippen LogP contribution in [0.25, 0.3) is 0 Å². The molecular formula is C29H33Cl2N3O4S. The van der Waals surface area contributed by atoms with Crippen LogP contribution in [-0.4, -0.2) is 50.8 Å². The van der Waals surface area contributed by atoms with Crippen molar-refractivity contribution in [3.8, 4) is 0 Å². The van der Waals surface area contributed by atoms with E-state index in [0.29, 0.717) is 13.0 Å². The Hall–Kier alpha value is -3.07. The molecule has 10 heteroatoms. The second kappa shape index (κ2) is 13.8. The number of nitrogens with zero attached hydrogens (tertiary/aromatic N) is 2. The highest BCUT2D eigenvalue weighted by molar-refractivity contribution is 7.92. The highest BCUT2D eigenvalue weighted by atomic mass is 35.5. The number of hydrogen-bond donors (Lipinski definition) is 1. The zero-order valence-corrected chi connectivity index (χ0v) is 24.5. The van der Waals surface area contributed by atoms with Crippen molar-refractivity contribution in [1.29, 1.82) is 0 Å². The fraction of sp³-hybridized carbons (Fsp3) is 0.310. The molecule has 39 heavy (non-hydrogen) atoms. The first kappa shape index (κ1) is 30.5. The zero-order chi connectivity index (χ0) is 28.6. The van der Waals surface area contributed by atoms with Gasteiger partial charge >= 0.3 is 0 Å². The first-order valence-corrected chi connectivity index (χ1v) is 14.8. The molecule has 0 fully saturated rings. The maximum absolute atomic E-state index is 13.9. The van der Waals surface area contributed by atoms with Gasteiger partial charge in [-0.15, -0.1) is 0 Å². The molecule has 0 aliphatic heterocycles. The van der Waals surface area contributed by atoms with Crippen LogP contribution < -0.4 is 9.62 Å². The molecule has 0 saturated heterocycles. The Balaban J connectivity index is 1.99. The van der Waals surface area contributed by atoms with Crippen molar-refractivity contribution in [2.24, 2.45) is 5.92 Å². The molecule has 0 saturated carbocycles. The van der Waals surface area contributed by atoms with Gasteiger partial charge in [-0.1, -0.05) is 91.6 Å². The number of nitrogens with one attached hydrogen (secondary N) is 1. The molecule has 0 spiro atoms. The average molecular weight is 591 g/mol. The van der Waals surface area contributed by atoms with Crippen molar-refractivity contribution in [3.63, 3.8) is 0 Å². The monoisotopic (exact) mass is 589 g/mol. The van der Waals surface area contributed by atoms with E-state index in [-0.39, 0.29) is 39.0 Å². The molecule has 1 N–H and O–H groups in total. The Morgan fingerprint density at radius 1 is 0.872 bits per heavy atom. The molecule has 0 unspecified atom stereocenters. The zero-order valence-electron chi connectivity index (χ0n) is 22.2. The number of anilines is 1. The largest absolute Gasteiger partial charge is 0.354 e. The van der Waals surface area contributed by atoms with Gasteiger partial charge in [0.15, 0.2) is 0 Å². The lowest BCUT2D eigenvalue weighted by Gasteiger charge is -2.32. The first-order valence-electron chi connectivity index (χ1n) is 12.6. The Kier molecular flexibility index (Phi) is 10.8. The third kappa shape index (κ3) is 7.97. The molecule has 0 aromatic heterocycles. The maximum atomic E-state index is 13.9. The fourth-order valence-corrected chi connectivity index (χ4v) is 5.84. The maximum Gasteiger partial charge on any atom is 0.264 e. The molecule has 0 bridgehead atoms. The van der Waals surface area contributed by atoms with Gasteiger partial charge in [0.05, 0.1) is 20.6 Å². The highest BCUT2D eigenvalue weighted by Gasteiger charge is 2.33. The SMILES string of the molecule is CC(C)CNC(=O)[C@H](C)N(CCc1ccccc1)C(=O)CN(c1cccc(Cl)c1Cl)S(=O)(=O)c1ccccc1. The van der Waals surface area contributed by atoms with Gasteiger partial charge in [-0.2, -0.15) is 0 Å². The van der Waals surface area contributed by atoms with E-state index in [9.17, 15) is 18.0 Å². The lowest BCUT2D eigenvalue weighted by Crippen LogP contribution is -2.52. The summed E-state index contributed by atoms with van der Waals surface area (Å²) < 4.78 is 28.5. The first-order chi connectivity index (χ1) is 18.5. The van der Waals surface area contributed by atoms with Crippen LogP contribution in [0.3, 0.4) is 0 Å². The van der Waals surface area contributed by atoms with E-state index in [0.717, 1.165) is 9.87 Å².